The molecule has 1 aliphatic heterocycles. The number of sulfonamides is 2. The summed E-state index contributed by atoms with van der Waals surface area (Å²) in [5.74, 6) is -0.119. The highest BCUT2D eigenvalue weighted by Gasteiger charge is 2.28. The molecule has 2 aromatic rings. The zero-order valence-electron chi connectivity index (χ0n) is 19.3. The third kappa shape index (κ3) is 6.79. The molecule has 0 radical (unpaired) electrons. The number of amides is 1. The van der Waals surface area contributed by atoms with E-state index in [1.165, 1.54) is 41.7 Å². The molecule has 35 heavy (non-hydrogen) atoms. The molecule has 1 aliphatic rings. The quantitative estimate of drug-likeness (QED) is 0.467. The number of benzene rings is 2. The van der Waals surface area contributed by atoms with Gasteiger partial charge in [0.15, 0.2) is 0 Å². The topological polar surface area (TPSA) is 113 Å². The average molecular weight is 565 g/mol. The van der Waals surface area contributed by atoms with Crippen LogP contribution in [0.15, 0.2) is 41.3 Å². The lowest BCUT2D eigenvalue weighted by Gasteiger charge is -2.23. The fourth-order valence-electron chi connectivity index (χ4n) is 3.76. The van der Waals surface area contributed by atoms with Gasteiger partial charge in [-0.15, -0.1) is 0 Å². The fourth-order valence-corrected chi connectivity index (χ4v) is 6.71. The molecular formula is C22H27Cl2N3O6S2. The Kier molecular flexibility index (Phi) is 8.92. The molecule has 9 nitrogen and oxygen atoms in total. The Morgan fingerprint density at radius 1 is 1.09 bits per heavy atom. The van der Waals surface area contributed by atoms with Crippen LogP contribution in [-0.2, 0) is 24.8 Å². The van der Waals surface area contributed by atoms with Crippen molar-refractivity contribution in [1.29, 1.82) is 0 Å². The third-order valence-electron chi connectivity index (χ3n) is 5.49. The largest absolute Gasteiger partial charge is 0.495 e. The molecule has 2 aromatic carbocycles. The molecule has 0 unspecified atom stereocenters. The minimum absolute atomic E-state index is 0.00711. The van der Waals surface area contributed by atoms with Gasteiger partial charge in [0.05, 0.1) is 34.7 Å². The van der Waals surface area contributed by atoms with E-state index in [0.717, 1.165) is 23.4 Å². The van der Waals surface area contributed by atoms with Crippen LogP contribution < -0.4 is 14.4 Å². The molecule has 1 N–H and O–H groups in total. The van der Waals surface area contributed by atoms with Crippen molar-refractivity contribution in [2.45, 2.75) is 30.6 Å². The van der Waals surface area contributed by atoms with Crippen LogP contribution >= 0.6 is 23.2 Å². The molecule has 0 atom stereocenters. The van der Waals surface area contributed by atoms with Crippen molar-refractivity contribution in [2.24, 2.45) is 0 Å². The van der Waals surface area contributed by atoms with Crippen LogP contribution in [0.25, 0.3) is 0 Å². The molecule has 3 rings (SSSR count). The number of carbonyl (C=O) groups is 1. The van der Waals surface area contributed by atoms with Gasteiger partial charge in [-0.1, -0.05) is 23.2 Å². The Morgan fingerprint density at radius 3 is 2.40 bits per heavy atom. The van der Waals surface area contributed by atoms with Crippen LogP contribution in [0, 0.1) is 0 Å². The zero-order valence-corrected chi connectivity index (χ0v) is 22.5. The number of anilines is 2. The molecule has 0 spiro atoms. The number of hydrogen-bond donors (Lipinski definition) is 1. The summed E-state index contributed by atoms with van der Waals surface area (Å²) in [6, 6.07) is 8.80. The number of halogens is 2. The number of nitrogens with one attached hydrogen (secondary N) is 1. The van der Waals surface area contributed by atoms with E-state index < -0.39 is 26.0 Å². The van der Waals surface area contributed by atoms with E-state index in [1.807, 2.05) is 0 Å². The standard InChI is InChI=1S/C22H27Cl2N3O6S2/c1-33-21-10-8-17(35(31,32)26-11-3-4-12-26)15-19(21)25-22(28)6-5-13-27(34(2,29)30)20-14-16(23)7-9-18(20)24/h7-10,14-15H,3-6,11-13H2,1-2H3,(H,25,28). The van der Waals surface area contributed by atoms with Gasteiger partial charge in [0.25, 0.3) is 0 Å². The predicted octanol–water partition coefficient (Wildman–Crippen LogP) is 3.97. The lowest BCUT2D eigenvalue weighted by molar-refractivity contribution is -0.116. The maximum Gasteiger partial charge on any atom is 0.243 e. The van der Waals surface area contributed by atoms with Crippen molar-refractivity contribution < 1.29 is 26.4 Å². The molecule has 192 valence electrons. The van der Waals surface area contributed by atoms with Crippen molar-refractivity contribution in [3.8, 4) is 5.75 Å². The van der Waals surface area contributed by atoms with Crippen molar-refractivity contribution in [3.05, 3.63) is 46.4 Å². The van der Waals surface area contributed by atoms with E-state index >= 15 is 0 Å². The van der Waals surface area contributed by atoms with Gasteiger partial charge in [0.2, 0.25) is 26.0 Å². The molecule has 1 amide bonds. The van der Waals surface area contributed by atoms with Gasteiger partial charge in [-0.3, -0.25) is 9.10 Å². The van der Waals surface area contributed by atoms with Crippen LogP contribution in [0.4, 0.5) is 11.4 Å². The molecule has 0 aliphatic carbocycles. The summed E-state index contributed by atoms with van der Waals surface area (Å²) in [6.07, 6.45) is 2.81. The van der Waals surface area contributed by atoms with Crippen molar-refractivity contribution in [3.63, 3.8) is 0 Å². The second kappa shape index (κ2) is 11.3. The van der Waals surface area contributed by atoms with Crippen LogP contribution in [0.3, 0.4) is 0 Å². The summed E-state index contributed by atoms with van der Waals surface area (Å²) in [7, 11) is -5.95. The maximum atomic E-state index is 12.9. The van der Waals surface area contributed by atoms with Gasteiger partial charge in [0.1, 0.15) is 5.75 Å². The maximum absolute atomic E-state index is 12.9. The van der Waals surface area contributed by atoms with E-state index in [9.17, 15) is 21.6 Å². The Hall–Kier alpha value is -2.05. The van der Waals surface area contributed by atoms with Gasteiger partial charge in [-0.25, -0.2) is 16.8 Å². The molecule has 1 saturated heterocycles. The lowest BCUT2D eigenvalue weighted by Crippen LogP contribution is -2.31. The first-order valence-corrected chi connectivity index (χ1v) is 14.9. The smallest absolute Gasteiger partial charge is 0.243 e. The number of nitrogens with zero attached hydrogens (tertiary/aromatic N) is 2. The van der Waals surface area contributed by atoms with E-state index in [2.05, 4.69) is 5.32 Å². The Balaban J connectivity index is 1.71. The van der Waals surface area contributed by atoms with Crippen molar-refractivity contribution >= 4 is 60.5 Å². The summed E-state index contributed by atoms with van der Waals surface area (Å²) in [4.78, 5) is 12.7. The monoisotopic (exact) mass is 563 g/mol. The van der Waals surface area contributed by atoms with E-state index in [-0.39, 0.29) is 40.7 Å². The van der Waals surface area contributed by atoms with Crippen molar-refractivity contribution in [2.75, 3.05) is 42.6 Å². The average Bonchev–Trinajstić information content (AvgIpc) is 3.34. The molecule has 0 aromatic heterocycles. The molecule has 13 heteroatoms. The first-order chi connectivity index (χ1) is 16.4. The minimum Gasteiger partial charge on any atom is -0.495 e. The van der Waals surface area contributed by atoms with E-state index in [1.54, 1.807) is 6.07 Å². The van der Waals surface area contributed by atoms with E-state index in [4.69, 9.17) is 27.9 Å². The Morgan fingerprint density at radius 2 is 1.77 bits per heavy atom. The molecule has 0 saturated carbocycles. The van der Waals surface area contributed by atoms with Gasteiger partial charge in [0, 0.05) is 31.1 Å². The molecule has 0 bridgehead atoms. The number of hydrogen-bond acceptors (Lipinski definition) is 6. The third-order valence-corrected chi connectivity index (χ3v) is 9.12. The van der Waals surface area contributed by atoms with Crippen LogP contribution in [0.1, 0.15) is 25.7 Å². The van der Waals surface area contributed by atoms with Gasteiger partial charge in [-0.05, 0) is 55.7 Å². The second-order valence-corrected chi connectivity index (χ2v) is 12.7. The summed E-state index contributed by atoms with van der Waals surface area (Å²) < 4.78 is 58.2. The Labute approximate surface area is 216 Å². The van der Waals surface area contributed by atoms with Crippen LogP contribution in [0.5, 0.6) is 5.75 Å². The van der Waals surface area contributed by atoms with Crippen molar-refractivity contribution in [1.82, 2.24) is 4.31 Å². The van der Waals surface area contributed by atoms with Gasteiger partial charge in [-0.2, -0.15) is 4.31 Å². The molecule has 1 heterocycles. The lowest BCUT2D eigenvalue weighted by atomic mass is 10.2. The van der Waals surface area contributed by atoms with Gasteiger partial charge >= 0.3 is 0 Å². The SMILES string of the molecule is COc1ccc(S(=O)(=O)N2CCCC2)cc1NC(=O)CCCN(c1cc(Cl)ccc1Cl)S(C)(=O)=O. The van der Waals surface area contributed by atoms with Crippen LogP contribution in [0.2, 0.25) is 10.0 Å². The van der Waals surface area contributed by atoms with Crippen LogP contribution in [-0.4, -0.2) is 60.0 Å². The molecule has 1 fully saturated rings. The second-order valence-electron chi connectivity index (χ2n) is 8.06. The number of carbonyl (C=O) groups excluding carboxylic acids is 1. The zero-order chi connectivity index (χ0) is 25.8. The summed E-state index contributed by atoms with van der Waals surface area (Å²) >= 11 is 12.2. The number of ether oxygens (including phenoxy) is 1. The summed E-state index contributed by atoms with van der Waals surface area (Å²) in [5, 5.41) is 3.21. The highest BCUT2D eigenvalue weighted by molar-refractivity contribution is 7.92. The highest BCUT2D eigenvalue weighted by Crippen LogP contribution is 2.32. The first kappa shape index (κ1) is 27.5. The first-order valence-electron chi connectivity index (χ1n) is 10.8. The normalized spacial score (nSPS) is 14.6. The number of rotatable bonds is 10. The van der Waals surface area contributed by atoms with E-state index in [0.29, 0.717) is 23.9 Å². The summed E-state index contributed by atoms with van der Waals surface area (Å²) in [6.45, 7) is 0.917. The predicted molar refractivity (Wildman–Crippen MR) is 138 cm³/mol. The Bertz CT molecular complexity index is 1300. The minimum atomic E-state index is -3.69. The molecular weight excluding hydrogens is 537 g/mol. The summed E-state index contributed by atoms with van der Waals surface area (Å²) in [5.41, 5.74) is 0.444. The van der Waals surface area contributed by atoms with Gasteiger partial charge < -0.3 is 10.1 Å². The number of methoxy groups -OCH3 is 1. The fraction of sp³-hybridized carbons (Fsp3) is 0.409. The highest BCUT2D eigenvalue weighted by atomic mass is 35.5.